The van der Waals surface area contributed by atoms with Crippen LogP contribution in [-0.4, -0.2) is 39.7 Å². The molecule has 4 heteroatoms. The Balaban J connectivity index is 1.87. The summed E-state index contributed by atoms with van der Waals surface area (Å²) in [5, 5.41) is 9.51. The number of aliphatic hydroxyl groups excluding tert-OH is 1. The van der Waals surface area contributed by atoms with E-state index < -0.39 is 0 Å². The van der Waals surface area contributed by atoms with Gasteiger partial charge in [0.25, 0.3) is 5.91 Å². The Morgan fingerprint density at radius 3 is 2.76 bits per heavy atom. The number of rotatable bonds is 3. The zero-order chi connectivity index (χ0) is 14.8. The average molecular weight is 284 g/mol. The Bertz CT molecular complexity index is 621. The molecule has 3 rings (SSSR count). The SMILES string of the molecule is CC1CCN(C(=O)c2cccc(-n3cccc3)c2)C1CO. The highest BCUT2D eigenvalue weighted by Gasteiger charge is 2.34. The number of carbonyl (C=O) groups excluding carboxylic acids is 1. The molecule has 21 heavy (non-hydrogen) atoms. The fraction of sp³-hybridized carbons (Fsp3) is 0.353. The van der Waals surface area contributed by atoms with Crippen LogP contribution in [-0.2, 0) is 0 Å². The van der Waals surface area contributed by atoms with Gasteiger partial charge in [-0.05, 0) is 42.7 Å². The van der Waals surface area contributed by atoms with Gasteiger partial charge in [0.1, 0.15) is 0 Å². The van der Waals surface area contributed by atoms with Crippen molar-refractivity contribution in [3.63, 3.8) is 0 Å². The number of hydrogen-bond donors (Lipinski definition) is 1. The van der Waals surface area contributed by atoms with Crippen LogP contribution in [0.4, 0.5) is 0 Å². The topological polar surface area (TPSA) is 45.5 Å². The number of aliphatic hydroxyl groups is 1. The molecular weight excluding hydrogens is 264 g/mol. The van der Waals surface area contributed by atoms with Gasteiger partial charge in [-0.3, -0.25) is 4.79 Å². The molecule has 4 nitrogen and oxygen atoms in total. The van der Waals surface area contributed by atoms with Crippen LogP contribution in [0.1, 0.15) is 23.7 Å². The van der Waals surface area contributed by atoms with E-state index in [1.165, 1.54) is 0 Å². The lowest BCUT2D eigenvalue weighted by atomic mass is 10.0. The largest absolute Gasteiger partial charge is 0.394 e. The van der Waals surface area contributed by atoms with Gasteiger partial charge in [-0.1, -0.05) is 13.0 Å². The molecule has 0 spiro atoms. The molecule has 0 bridgehead atoms. The van der Waals surface area contributed by atoms with E-state index in [4.69, 9.17) is 0 Å². The van der Waals surface area contributed by atoms with Crippen LogP contribution in [0.25, 0.3) is 5.69 Å². The third-order valence-corrected chi connectivity index (χ3v) is 4.33. The molecule has 0 saturated carbocycles. The maximum atomic E-state index is 12.7. The first-order chi connectivity index (χ1) is 10.2. The second kappa shape index (κ2) is 5.74. The number of hydrogen-bond acceptors (Lipinski definition) is 2. The Hall–Kier alpha value is -2.07. The number of nitrogens with zero attached hydrogens (tertiary/aromatic N) is 2. The maximum Gasteiger partial charge on any atom is 0.254 e. The molecule has 1 aliphatic heterocycles. The second-order valence-electron chi connectivity index (χ2n) is 5.66. The van der Waals surface area contributed by atoms with E-state index in [9.17, 15) is 9.90 Å². The molecule has 1 fully saturated rings. The molecule has 2 heterocycles. The third-order valence-electron chi connectivity index (χ3n) is 4.33. The van der Waals surface area contributed by atoms with Gasteiger partial charge in [-0.15, -0.1) is 0 Å². The van der Waals surface area contributed by atoms with E-state index in [2.05, 4.69) is 6.92 Å². The zero-order valence-corrected chi connectivity index (χ0v) is 12.1. The van der Waals surface area contributed by atoms with Gasteiger partial charge in [-0.2, -0.15) is 0 Å². The fourth-order valence-electron chi connectivity index (χ4n) is 3.01. The van der Waals surface area contributed by atoms with E-state index in [1.54, 1.807) is 4.90 Å². The quantitative estimate of drug-likeness (QED) is 0.940. The molecule has 1 aromatic heterocycles. The number of aromatic nitrogens is 1. The summed E-state index contributed by atoms with van der Waals surface area (Å²) in [7, 11) is 0. The van der Waals surface area contributed by atoms with E-state index >= 15 is 0 Å². The van der Waals surface area contributed by atoms with Crippen molar-refractivity contribution in [1.82, 2.24) is 9.47 Å². The number of amides is 1. The van der Waals surface area contributed by atoms with Crippen LogP contribution >= 0.6 is 0 Å². The van der Waals surface area contributed by atoms with Gasteiger partial charge < -0.3 is 14.6 Å². The number of carbonyl (C=O) groups is 1. The molecule has 110 valence electrons. The molecule has 0 aliphatic carbocycles. The smallest absolute Gasteiger partial charge is 0.254 e. The van der Waals surface area contributed by atoms with Crippen molar-refractivity contribution in [2.45, 2.75) is 19.4 Å². The summed E-state index contributed by atoms with van der Waals surface area (Å²) >= 11 is 0. The maximum absolute atomic E-state index is 12.7. The zero-order valence-electron chi connectivity index (χ0n) is 12.1. The van der Waals surface area contributed by atoms with Crippen LogP contribution in [0.3, 0.4) is 0 Å². The molecule has 1 N–H and O–H groups in total. The van der Waals surface area contributed by atoms with Crippen molar-refractivity contribution in [3.05, 3.63) is 54.4 Å². The Kier molecular flexibility index (Phi) is 3.80. The summed E-state index contributed by atoms with van der Waals surface area (Å²) in [6, 6.07) is 11.5. The Morgan fingerprint density at radius 2 is 2.05 bits per heavy atom. The van der Waals surface area contributed by atoms with Gasteiger partial charge in [0.05, 0.1) is 12.6 Å². The number of benzene rings is 1. The highest BCUT2D eigenvalue weighted by Crippen LogP contribution is 2.25. The minimum atomic E-state index is -0.0623. The van der Waals surface area contributed by atoms with E-state index in [0.717, 1.165) is 18.7 Å². The predicted octanol–water partition coefficient (Wildman–Crippen LogP) is 2.32. The van der Waals surface area contributed by atoms with Gasteiger partial charge in [0, 0.05) is 30.2 Å². The molecule has 1 amide bonds. The standard InChI is InChI=1S/C17H20N2O2/c1-13-7-10-19(16(13)12-20)17(21)14-5-4-6-15(11-14)18-8-2-3-9-18/h2-6,8-9,11,13,16,20H,7,10,12H2,1H3. The lowest BCUT2D eigenvalue weighted by Gasteiger charge is -2.25. The van der Waals surface area contributed by atoms with Crippen LogP contribution in [0.5, 0.6) is 0 Å². The summed E-state index contributed by atoms with van der Waals surface area (Å²) in [6.45, 7) is 2.84. The van der Waals surface area contributed by atoms with Crippen molar-refractivity contribution >= 4 is 5.91 Å². The molecule has 1 saturated heterocycles. The van der Waals surface area contributed by atoms with Crippen LogP contribution in [0.15, 0.2) is 48.8 Å². The predicted molar refractivity (Wildman–Crippen MR) is 81.5 cm³/mol. The lowest BCUT2D eigenvalue weighted by molar-refractivity contribution is 0.0648. The average Bonchev–Trinajstić information content (AvgIpc) is 3.16. The first kappa shape index (κ1) is 13.9. The first-order valence-electron chi connectivity index (χ1n) is 7.36. The molecule has 0 radical (unpaired) electrons. The van der Waals surface area contributed by atoms with Crippen molar-refractivity contribution in [1.29, 1.82) is 0 Å². The van der Waals surface area contributed by atoms with Crippen LogP contribution in [0.2, 0.25) is 0 Å². The van der Waals surface area contributed by atoms with Gasteiger partial charge in [-0.25, -0.2) is 0 Å². The van der Waals surface area contributed by atoms with E-state index in [-0.39, 0.29) is 18.6 Å². The highest BCUT2D eigenvalue weighted by atomic mass is 16.3. The normalized spacial score (nSPS) is 21.7. The fourth-order valence-corrected chi connectivity index (χ4v) is 3.01. The third kappa shape index (κ3) is 2.59. The minimum Gasteiger partial charge on any atom is -0.394 e. The summed E-state index contributed by atoms with van der Waals surface area (Å²) in [4.78, 5) is 14.5. The lowest BCUT2D eigenvalue weighted by Crippen LogP contribution is -2.39. The van der Waals surface area contributed by atoms with Gasteiger partial charge in [0.2, 0.25) is 0 Å². The molecular formula is C17H20N2O2. The summed E-state index contributed by atoms with van der Waals surface area (Å²) in [6.07, 6.45) is 4.87. The Morgan fingerprint density at radius 1 is 1.29 bits per heavy atom. The van der Waals surface area contributed by atoms with Gasteiger partial charge in [0.15, 0.2) is 0 Å². The minimum absolute atomic E-state index is 0.00686. The number of likely N-dealkylation sites (tertiary alicyclic amines) is 1. The summed E-state index contributed by atoms with van der Waals surface area (Å²) < 4.78 is 1.98. The van der Waals surface area contributed by atoms with Crippen molar-refractivity contribution in [3.8, 4) is 5.69 Å². The van der Waals surface area contributed by atoms with Crippen LogP contribution < -0.4 is 0 Å². The first-order valence-corrected chi connectivity index (χ1v) is 7.36. The molecule has 1 aromatic carbocycles. The molecule has 1 aliphatic rings. The monoisotopic (exact) mass is 284 g/mol. The summed E-state index contributed by atoms with van der Waals surface area (Å²) in [5.74, 6) is 0.360. The Labute approximate surface area is 124 Å². The van der Waals surface area contributed by atoms with Crippen molar-refractivity contribution in [2.24, 2.45) is 5.92 Å². The van der Waals surface area contributed by atoms with E-state index in [1.807, 2.05) is 53.4 Å². The molecule has 2 unspecified atom stereocenters. The molecule has 2 atom stereocenters. The van der Waals surface area contributed by atoms with Crippen molar-refractivity contribution in [2.75, 3.05) is 13.2 Å². The van der Waals surface area contributed by atoms with Crippen molar-refractivity contribution < 1.29 is 9.90 Å². The van der Waals surface area contributed by atoms with Crippen LogP contribution in [0, 0.1) is 5.92 Å². The van der Waals surface area contributed by atoms with Gasteiger partial charge >= 0.3 is 0 Å². The molecule has 2 aromatic rings. The summed E-state index contributed by atoms with van der Waals surface area (Å²) in [5.41, 5.74) is 1.65. The second-order valence-corrected chi connectivity index (χ2v) is 5.66. The highest BCUT2D eigenvalue weighted by molar-refractivity contribution is 5.95. The van der Waals surface area contributed by atoms with E-state index in [0.29, 0.717) is 11.5 Å².